The number of rotatable bonds is 5. The van der Waals surface area contributed by atoms with Crippen molar-refractivity contribution in [2.75, 3.05) is 19.7 Å². The third kappa shape index (κ3) is 3.82. The lowest BCUT2D eigenvalue weighted by Crippen LogP contribution is -2.44. The second-order valence-corrected chi connectivity index (χ2v) is 4.15. The molecule has 1 atom stereocenters. The first-order valence-electron chi connectivity index (χ1n) is 6.20. The molecule has 1 heterocycles. The summed E-state index contributed by atoms with van der Waals surface area (Å²) in [5.74, 6) is -0.0266. The van der Waals surface area contributed by atoms with Crippen LogP contribution < -0.4 is 0 Å². The van der Waals surface area contributed by atoms with E-state index in [0.717, 1.165) is 25.9 Å². The van der Waals surface area contributed by atoms with E-state index in [0.29, 0.717) is 6.61 Å². The first-order chi connectivity index (χ1) is 7.29. The van der Waals surface area contributed by atoms with Gasteiger partial charge in [0, 0.05) is 0 Å². The highest BCUT2D eigenvalue weighted by Crippen LogP contribution is 2.16. The van der Waals surface area contributed by atoms with Crippen molar-refractivity contribution in [2.24, 2.45) is 0 Å². The molecule has 88 valence electrons. The monoisotopic (exact) mass is 213 g/mol. The van der Waals surface area contributed by atoms with Crippen LogP contribution in [0.2, 0.25) is 0 Å². The van der Waals surface area contributed by atoms with Crippen LogP contribution in [-0.2, 0) is 9.53 Å². The number of piperidine rings is 1. The molecule has 0 aromatic heterocycles. The van der Waals surface area contributed by atoms with Crippen molar-refractivity contribution in [3.63, 3.8) is 0 Å². The number of likely N-dealkylation sites (tertiary alicyclic amines) is 1. The molecule has 0 bridgehead atoms. The normalized spacial score (nSPS) is 19.9. The van der Waals surface area contributed by atoms with E-state index in [2.05, 4.69) is 11.8 Å². The fourth-order valence-electron chi connectivity index (χ4n) is 2.19. The lowest BCUT2D eigenvalue weighted by molar-refractivity contribution is -0.150. The maximum Gasteiger partial charge on any atom is 0.323 e. The molecule has 0 aromatic carbocycles. The van der Waals surface area contributed by atoms with Crippen LogP contribution in [0.3, 0.4) is 0 Å². The summed E-state index contributed by atoms with van der Waals surface area (Å²) < 4.78 is 5.13. The van der Waals surface area contributed by atoms with Gasteiger partial charge >= 0.3 is 5.97 Å². The second kappa shape index (κ2) is 6.83. The third-order valence-corrected chi connectivity index (χ3v) is 2.95. The minimum Gasteiger partial charge on any atom is -0.465 e. The number of carbonyl (C=O) groups excluding carboxylic acids is 1. The number of carbonyl (C=O) groups is 1. The Morgan fingerprint density at radius 1 is 1.27 bits per heavy atom. The molecule has 1 saturated heterocycles. The Morgan fingerprint density at radius 2 is 1.93 bits per heavy atom. The van der Waals surface area contributed by atoms with Gasteiger partial charge < -0.3 is 4.74 Å². The van der Waals surface area contributed by atoms with Crippen molar-refractivity contribution in [3.8, 4) is 0 Å². The van der Waals surface area contributed by atoms with E-state index in [1.807, 2.05) is 6.92 Å². The van der Waals surface area contributed by atoms with Gasteiger partial charge in [-0.25, -0.2) is 0 Å². The maximum absolute atomic E-state index is 11.8. The highest BCUT2D eigenvalue weighted by Gasteiger charge is 2.27. The van der Waals surface area contributed by atoms with Gasteiger partial charge in [0.05, 0.1) is 6.61 Å². The predicted molar refractivity (Wildman–Crippen MR) is 60.8 cm³/mol. The molecule has 1 aliphatic heterocycles. The van der Waals surface area contributed by atoms with E-state index in [1.165, 1.54) is 19.3 Å². The van der Waals surface area contributed by atoms with Gasteiger partial charge in [-0.1, -0.05) is 19.8 Å². The Bertz CT molecular complexity index is 188. The number of hydrogen-bond donors (Lipinski definition) is 0. The molecule has 1 rings (SSSR count). The van der Waals surface area contributed by atoms with Gasteiger partial charge in [0.2, 0.25) is 0 Å². The van der Waals surface area contributed by atoms with Crippen molar-refractivity contribution in [1.29, 1.82) is 0 Å². The molecule has 0 saturated carbocycles. The first-order valence-corrected chi connectivity index (χ1v) is 6.20. The van der Waals surface area contributed by atoms with Crippen LogP contribution >= 0.6 is 0 Å². The Balaban J connectivity index is 2.50. The summed E-state index contributed by atoms with van der Waals surface area (Å²) in [7, 11) is 0. The van der Waals surface area contributed by atoms with Crippen LogP contribution in [0.25, 0.3) is 0 Å². The average molecular weight is 213 g/mol. The second-order valence-electron chi connectivity index (χ2n) is 4.15. The van der Waals surface area contributed by atoms with Crippen LogP contribution in [0, 0.1) is 0 Å². The average Bonchev–Trinajstić information content (AvgIpc) is 2.27. The fraction of sp³-hybridized carbons (Fsp3) is 0.917. The van der Waals surface area contributed by atoms with Crippen LogP contribution in [0.5, 0.6) is 0 Å². The van der Waals surface area contributed by atoms with Crippen molar-refractivity contribution >= 4 is 5.97 Å². The summed E-state index contributed by atoms with van der Waals surface area (Å²) >= 11 is 0. The van der Waals surface area contributed by atoms with E-state index in [9.17, 15) is 4.79 Å². The van der Waals surface area contributed by atoms with Gasteiger partial charge in [0.15, 0.2) is 0 Å². The molecule has 0 N–H and O–H groups in total. The lowest BCUT2D eigenvalue weighted by atomic mass is 10.1. The summed E-state index contributed by atoms with van der Waals surface area (Å²) in [6, 6.07) is 0.00949. The van der Waals surface area contributed by atoms with Crippen LogP contribution in [0.1, 0.15) is 46.0 Å². The molecule has 0 aliphatic carbocycles. The van der Waals surface area contributed by atoms with Crippen molar-refractivity contribution in [1.82, 2.24) is 4.90 Å². The molecule has 0 radical (unpaired) electrons. The molecular formula is C12H23NO2. The van der Waals surface area contributed by atoms with Gasteiger partial charge in [0.25, 0.3) is 0 Å². The minimum atomic E-state index is -0.0266. The first kappa shape index (κ1) is 12.5. The van der Waals surface area contributed by atoms with Gasteiger partial charge in [-0.3, -0.25) is 9.69 Å². The predicted octanol–water partition coefficient (Wildman–Crippen LogP) is 2.20. The van der Waals surface area contributed by atoms with Crippen molar-refractivity contribution < 1.29 is 9.53 Å². The molecule has 3 heteroatoms. The van der Waals surface area contributed by atoms with Crippen LogP contribution in [0.15, 0.2) is 0 Å². The third-order valence-electron chi connectivity index (χ3n) is 2.95. The highest BCUT2D eigenvalue weighted by atomic mass is 16.5. The van der Waals surface area contributed by atoms with Gasteiger partial charge in [0.1, 0.15) is 6.04 Å². The van der Waals surface area contributed by atoms with Crippen LogP contribution in [-0.4, -0.2) is 36.6 Å². The zero-order valence-electron chi connectivity index (χ0n) is 10.00. The molecule has 1 fully saturated rings. The Kier molecular flexibility index (Phi) is 5.69. The number of nitrogens with zero attached hydrogens (tertiary/aromatic N) is 1. The number of hydrogen-bond acceptors (Lipinski definition) is 3. The summed E-state index contributed by atoms with van der Waals surface area (Å²) in [6.45, 7) is 6.60. The van der Waals surface area contributed by atoms with Gasteiger partial charge in [-0.2, -0.15) is 0 Å². The maximum atomic E-state index is 11.8. The summed E-state index contributed by atoms with van der Waals surface area (Å²) in [5.41, 5.74) is 0. The van der Waals surface area contributed by atoms with Crippen molar-refractivity contribution in [2.45, 2.75) is 52.0 Å². The molecule has 0 spiro atoms. The smallest absolute Gasteiger partial charge is 0.323 e. The molecule has 0 unspecified atom stereocenters. The Labute approximate surface area is 92.8 Å². The molecule has 15 heavy (non-hydrogen) atoms. The van der Waals surface area contributed by atoms with Gasteiger partial charge in [-0.15, -0.1) is 0 Å². The van der Waals surface area contributed by atoms with E-state index >= 15 is 0 Å². The zero-order valence-corrected chi connectivity index (χ0v) is 10.00. The Morgan fingerprint density at radius 3 is 2.47 bits per heavy atom. The topological polar surface area (TPSA) is 29.5 Å². The highest BCUT2D eigenvalue weighted by molar-refractivity contribution is 5.75. The Hall–Kier alpha value is -0.570. The lowest BCUT2D eigenvalue weighted by Gasteiger charge is -2.32. The summed E-state index contributed by atoms with van der Waals surface area (Å²) in [4.78, 5) is 14.1. The van der Waals surface area contributed by atoms with E-state index in [1.54, 1.807) is 0 Å². The standard InChI is InChI=1S/C12H23NO2/c1-3-8-11(12(14)15-4-2)13-9-6-5-7-10-13/h11H,3-10H2,1-2H3/t11-/m0/s1. The minimum absolute atomic E-state index is 0.00949. The van der Waals surface area contributed by atoms with E-state index in [-0.39, 0.29) is 12.0 Å². The van der Waals surface area contributed by atoms with E-state index in [4.69, 9.17) is 4.74 Å². The molecular weight excluding hydrogens is 190 g/mol. The van der Waals surface area contributed by atoms with Crippen molar-refractivity contribution in [3.05, 3.63) is 0 Å². The summed E-state index contributed by atoms with van der Waals surface area (Å²) in [6.07, 6.45) is 5.72. The SMILES string of the molecule is CCC[C@@H](C(=O)OCC)N1CCCCC1. The molecule has 1 aliphatic rings. The van der Waals surface area contributed by atoms with Gasteiger partial charge in [-0.05, 0) is 39.3 Å². The van der Waals surface area contributed by atoms with Crippen LogP contribution in [0.4, 0.5) is 0 Å². The fourth-order valence-corrected chi connectivity index (χ4v) is 2.19. The molecule has 0 amide bonds. The summed E-state index contributed by atoms with van der Waals surface area (Å²) in [5, 5.41) is 0. The van der Waals surface area contributed by atoms with E-state index < -0.39 is 0 Å². The molecule has 0 aromatic rings. The number of esters is 1. The zero-order chi connectivity index (χ0) is 11.1. The largest absolute Gasteiger partial charge is 0.465 e. The quantitative estimate of drug-likeness (QED) is 0.656. The number of ether oxygens (including phenoxy) is 1. The molecule has 3 nitrogen and oxygen atoms in total.